The van der Waals surface area contributed by atoms with Crippen LogP contribution in [0.5, 0.6) is 11.5 Å². The van der Waals surface area contributed by atoms with Crippen LogP contribution in [-0.2, 0) is 9.59 Å². The van der Waals surface area contributed by atoms with Crippen molar-refractivity contribution < 1.29 is 23.9 Å². The summed E-state index contributed by atoms with van der Waals surface area (Å²) in [5, 5.41) is 8.60. The number of benzene rings is 5. The maximum atomic E-state index is 13.9. The molecule has 3 amide bonds. The minimum atomic E-state index is -0.632. The van der Waals surface area contributed by atoms with Crippen molar-refractivity contribution in [2.75, 3.05) is 24.9 Å². The molecule has 5 aromatic carbocycles. The molecule has 0 radical (unpaired) electrons. The molecule has 0 fully saturated rings. The highest BCUT2D eigenvalue weighted by Gasteiger charge is 2.24. The molecule has 6 rings (SSSR count). The SMILES string of the molecule is COc1ccc(OC)c(/C=C(/NC(=O)c2ccccc2)C(=O)Nc2cccc(SC(C(=O)Nc3nc(-c4ccccc4)c(C)s3)c3ccccc3)c2)c1. The minimum absolute atomic E-state index is 0.0152. The molecule has 6 aromatic rings. The van der Waals surface area contributed by atoms with Crippen LogP contribution in [0.4, 0.5) is 10.8 Å². The van der Waals surface area contributed by atoms with Crippen molar-refractivity contribution in [3.63, 3.8) is 0 Å². The number of nitrogens with one attached hydrogen (secondary N) is 3. The number of aryl methyl sites for hydroxylation is 1. The predicted molar refractivity (Wildman–Crippen MR) is 212 cm³/mol. The van der Waals surface area contributed by atoms with Crippen molar-refractivity contribution in [3.05, 3.63) is 161 Å². The first-order valence-corrected chi connectivity index (χ1v) is 18.3. The van der Waals surface area contributed by atoms with E-state index in [9.17, 15) is 14.4 Å². The first kappa shape index (κ1) is 36.6. The van der Waals surface area contributed by atoms with Crippen LogP contribution in [0.15, 0.2) is 144 Å². The molecule has 0 aliphatic heterocycles. The van der Waals surface area contributed by atoms with Crippen molar-refractivity contribution in [2.45, 2.75) is 17.1 Å². The van der Waals surface area contributed by atoms with Gasteiger partial charge < -0.3 is 25.4 Å². The Morgan fingerprint density at radius 1 is 0.774 bits per heavy atom. The van der Waals surface area contributed by atoms with E-state index in [1.807, 2.05) is 73.7 Å². The van der Waals surface area contributed by atoms with Gasteiger partial charge in [0.15, 0.2) is 5.13 Å². The van der Waals surface area contributed by atoms with Gasteiger partial charge in [0.05, 0.1) is 19.9 Å². The number of thioether (sulfide) groups is 1. The topological polar surface area (TPSA) is 119 Å². The second-order valence-electron chi connectivity index (χ2n) is 11.7. The maximum Gasteiger partial charge on any atom is 0.272 e. The van der Waals surface area contributed by atoms with E-state index in [-0.39, 0.29) is 11.6 Å². The molecule has 1 unspecified atom stereocenters. The van der Waals surface area contributed by atoms with E-state index < -0.39 is 17.1 Å². The van der Waals surface area contributed by atoms with E-state index in [0.717, 1.165) is 26.6 Å². The van der Waals surface area contributed by atoms with E-state index in [0.29, 0.717) is 33.4 Å². The van der Waals surface area contributed by atoms with Crippen molar-refractivity contribution >= 4 is 57.7 Å². The Kier molecular flexibility index (Phi) is 12.0. The van der Waals surface area contributed by atoms with Gasteiger partial charge in [-0.3, -0.25) is 14.4 Å². The van der Waals surface area contributed by atoms with Crippen LogP contribution in [0, 0.1) is 6.92 Å². The van der Waals surface area contributed by atoms with Gasteiger partial charge >= 0.3 is 0 Å². The summed E-state index contributed by atoms with van der Waals surface area (Å²) < 4.78 is 10.9. The number of anilines is 2. The fraction of sp³-hybridized carbons (Fsp3) is 0.0952. The smallest absolute Gasteiger partial charge is 0.272 e. The highest BCUT2D eigenvalue weighted by atomic mass is 32.2. The lowest BCUT2D eigenvalue weighted by Gasteiger charge is -2.17. The largest absolute Gasteiger partial charge is 0.497 e. The Bertz CT molecular complexity index is 2240. The van der Waals surface area contributed by atoms with E-state index in [2.05, 4.69) is 16.0 Å². The number of amides is 3. The zero-order chi connectivity index (χ0) is 37.2. The van der Waals surface area contributed by atoms with E-state index in [1.165, 1.54) is 36.3 Å². The van der Waals surface area contributed by atoms with Crippen LogP contribution in [0.25, 0.3) is 17.3 Å². The molecule has 1 aromatic heterocycles. The molecule has 0 bridgehead atoms. The van der Waals surface area contributed by atoms with Crippen LogP contribution < -0.4 is 25.4 Å². The Morgan fingerprint density at radius 2 is 1.47 bits per heavy atom. The summed E-state index contributed by atoms with van der Waals surface area (Å²) >= 11 is 2.77. The molecule has 0 aliphatic rings. The minimum Gasteiger partial charge on any atom is -0.497 e. The molecule has 11 heteroatoms. The molecule has 0 saturated heterocycles. The quantitative estimate of drug-likeness (QED) is 0.0799. The lowest BCUT2D eigenvalue weighted by molar-refractivity contribution is -0.116. The molecule has 0 aliphatic carbocycles. The second-order valence-corrected chi connectivity index (χ2v) is 14.0. The third-order valence-electron chi connectivity index (χ3n) is 8.03. The molecule has 9 nitrogen and oxygen atoms in total. The first-order chi connectivity index (χ1) is 25.8. The molecule has 1 atom stereocenters. The highest BCUT2D eigenvalue weighted by molar-refractivity contribution is 8.00. The number of ether oxygens (including phenoxy) is 2. The molecule has 266 valence electrons. The summed E-state index contributed by atoms with van der Waals surface area (Å²) in [4.78, 5) is 47.5. The van der Waals surface area contributed by atoms with Gasteiger partial charge in [-0.05, 0) is 67.1 Å². The Hall–Kier alpha value is -6.17. The lowest BCUT2D eigenvalue weighted by atomic mass is 10.1. The average molecular weight is 741 g/mol. The summed E-state index contributed by atoms with van der Waals surface area (Å²) in [6, 6.07) is 40.3. The van der Waals surface area contributed by atoms with Crippen molar-refractivity contribution in [2.24, 2.45) is 0 Å². The summed E-state index contributed by atoms with van der Waals surface area (Å²) in [6.45, 7) is 1.99. The van der Waals surface area contributed by atoms with Crippen LogP contribution in [0.1, 0.15) is 31.6 Å². The maximum absolute atomic E-state index is 13.9. The van der Waals surface area contributed by atoms with Crippen LogP contribution >= 0.6 is 23.1 Å². The summed E-state index contributed by atoms with van der Waals surface area (Å²) in [5.41, 5.74) is 3.98. The molecule has 1 heterocycles. The number of carbonyl (C=O) groups excluding carboxylic acids is 3. The number of hydrogen-bond acceptors (Lipinski definition) is 8. The van der Waals surface area contributed by atoms with Gasteiger partial charge in [-0.1, -0.05) is 84.9 Å². The normalized spacial score (nSPS) is 11.6. The summed E-state index contributed by atoms with van der Waals surface area (Å²) in [6.07, 6.45) is 1.54. The Balaban J connectivity index is 1.25. The van der Waals surface area contributed by atoms with Gasteiger partial charge in [0.2, 0.25) is 5.91 Å². The van der Waals surface area contributed by atoms with Gasteiger partial charge in [0.1, 0.15) is 22.4 Å². The van der Waals surface area contributed by atoms with Crippen molar-refractivity contribution in [1.82, 2.24) is 10.3 Å². The van der Waals surface area contributed by atoms with E-state index in [1.54, 1.807) is 73.8 Å². The standard InChI is InChI=1S/C42H36N4O5S2/c1-27-37(28-14-7-4-8-15-28)45-42(52-27)46-41(49)38(29-16-9-5-10-17-29)53-34-21-13-20-32(26-34)43-40(48)35(44-39(47)30-18-11-6-12-19-30)25-31-24-33(50-2)22-23-36(31)51-3/h4-26,38H,1-3H3,(H,43,48)(H,44,47)(H,45,46,49)/b35-25+. The molecular weight excluding hydrogens is 705 g/mol. The molecule has 3 N–H and O–H groups in total. The van der Waals surface area contributed by atoms with Crippen LogP contribution in [-0.4, -0.2) is 36.9 Å². The monoisotopic (exact) mass is 740 g/mol. The molecule has 53 heavy (non-hydrogen) atoms. The number of carbonyl (C=O) groups is 3. The zero-order valence-electron chi connectivity index (χ0n) is 29.2. The van der Waals surface area contributed by atoms with Gasteiger partial charge in [0, 0.05) is 32.2 Å². The number of nitrogens with zero attached hydrogens (tertiary/aromatic N) is 1. The van der Waals surface area contributed by atoms with Crippen molar-refractivity contribution in [1.29, 1.82) is 0 Å². The number of rotatable bonds is 13. The average Bonchev–Trinajstić information content (AvgIpc) is 3.56. The number of hydrogen-bond donors (Lipinski definition) is 3. The number of methoxy groups -OCH3 is 2. The molecular formula is C42H36N4O5S2. The van der Waals surface area contributed by atoms with Gasteiger partial charge in [-0.15, -0.1) is 23.1 Å². The van der Waals surface area contributed by atoms with Gasteiger partial charge in [0.25, 0.3) is 11.8 Å². The number of aromatic nitrogens is 1. The fourth-order valence-electron chi connectivity index (χ4n) is 5.42. The summed E-state index contributed by atoms with van der Waals surface area (Å²) in [5.74, 6) is -0.217. The Labute approximate surface area is 316 Å². The fourth-order valence-corrected chi connectivity index (χ4v) is 7.34. The van der Waals surface area contributed by atoms with E-state index in [4.69, 9.17) is 14.5 Å². The van der Waals surface area contributed by atoms with Crippen LogP contribution in [0.2, 0.25) is 0 Å². The Morgan fingerprint density at radius 3 is 2.17 bits per heavy atom. The summed E-state index contributed by atoms with van der Waals surface area (Å²) in [7, 11) is 3.06. The third-order valence-corrected chi connectivity index (χ3v) is 10.2. The third kappa shape index (κ3) is 9.39. The van der Waals surface area contributed by atoms with E-state index >= 15 is 0 Å². The van der Waals surface area contributed by atoms with Crippen molar-refractivity contribution in [3.8, 4) is 22.8 Å². The van der Waals surface area contributed by atoms with Crippen LogP contribution in [0.3, 0.4) is 0 Å². The molecule has 0 spiro atoms. The first-order valence-electron chi connectivity index (χ1n) is 16.6. The zero-order valence-corrected chi connectivity index (χ0v) is 30.8. The predicted octanol–water partition coefficient (Wildman–Crippen LogP) is 9.02. The second kappa shape index (κ2) is 17.4. The van der Waals surface area contributed by atoms with Gasteiger partial charge in [-0.2, -0.15) is 0 Å². The number of thiazole rings is 1. The van der Waals surface area contributed by atoms with Gasteiger partial charge in [-0.25, -0.2) is 4.98 Å². The molecule has 0 saturated carbocycles. The highest BCUT2D eigenvalue weighted by Crippen LogP contribution is 2.38. The lowest BCUT2D eigenvalue weighted by Crippen LogP contribution is -2.30.